The van der Waals surface area contributed by atoms with Crippen LogP contribution in [0.3, 0.4) is 0 Å². The molecule has 1 aliphatic rings. The second-order valence-corrected chi connectivity index (χ2v) is 4.31. The number of nitrogens with zero attached hydrogens (tertiary/aromatic N) is 1. The van der Waals surface area contributed by atoms with Crippen LogP contribution >= 0.6 is 0 Å². The summed E-state index contributed by atoms with van der Waals surface area (Å²) in [5.41, 5.74) is 0.615. The van der Waals surface area contributed by atoms with Crippen LogP contribution < -0.4 is 4.74 Å². The van der Waals surface area contributed by atoms with E-state index >= 15 is 0 Å². The van der Waals surface area contributed by atoms with Crippen LogP contribution in [0.5, 0.6) is 5.75 Å². The first-order valence-electron chi connectivity index (χ1n) is 6.37. The molecule has 0 radical (unpaired) electrons. The molecular formula is C14H19NO3. The Morgan fingerprint density at radius 2 is 2.06 bits per heavy atom. The molecule has 0 aliphatic carbocycles. The summed E-state index contributed by atoms with van der Waals surface area (Å²) in [6, 6.07) is 7.32. The quantitative estimate of drug-likeness (QED) is 0.567. The van der Waals surface area contributed by atoms with E-state index in [4.69, 9.17) is 9.47 Å². The Balaban J connectivity index is 1.69. The van der Waals surface area contributed by atoms with Crippen molar-refractivity contribution in [1.82, 2.24) is 4.90 Å². The van der Waals surface area contributed by atoms with E-state index in [1.165, 1.54) is 0 Å². The Hall–Kier alpha value is -1.39. The van der Waals surface area contributed by atoms with E-state index in [1.807, 2.05) is 18.2 Å². The maximum absolute atomic E-state index is 10.8. The summed E-state index contributed by atoms with van der Waals surface area (Å²) < 4.78 is 10.9. The van der Waals surface area contributed by atoms with Crippen LogP contribution in [-0.4, -0.2) is 50.6 Å². The number of hydrogen-bond acceptors (Lipinski definition) is 4. The maximum Gasteiger partial charge on any atom is 0.153 e. The van der Waals surface area contributed by atoms with Crippen LogP contribution in [0.1, 0.15) is 16.8 Å². The lowest BCUT2D eigenvalue weighted by molar-refractivity contribution is 0.0358. The fraction of sp³-hybridized carbons (Fsp3) is 0.500. The van der Waals surface area contributed by atoms with Crippen LogP contribution in [0.2, 0.25) is 0 Å². The molecule has 0 N–H and O–H groups in total. The SMILES string of the molecule is O=Cc1ccccc1OCCCN1CCOCC1. The van der Waals surface area contributed by atoms with E-state index < -0.39 is 0 Å². The molecule has 0 spiro atoms. The number of benzene rings is 1. The van der Waals surface area contributed by atoms with E-state index in [9.17, 15) is 4.79 Å². The molecule has 0 atom stereocenters. The molecular weight excluding hydrogens is 230 g/mol. The number of hydrogen-bond donors (Lipinski definition) is 0. The predicted molar refractivity (Wildman–Crippen MR) is 69.2 cm³/mol. The van der Waals surface area contributed by atoms with Gasteiger partial charge in [0.1, 0.15) is 5.75 Å². The van der Waals surface area contributed by atoms with E-state index in [1.54, 1.807) is 6.07 Å². The van der Waals surface area contributed by atoms with Crippen molar-refractivity contribution < 1.29 is 14.3 Å². The lowest BCUT2D eigenvalue weighted by Crippen LogP contribution is -2.37. The standard InChI is InChI=1S/C14H19NO3/c16-12-13-4-1-2-5-14(13)18-9-3-6-15-7-10-17-11-8-15/h1-2,4-5,12H,3,6-11H2. The van der Waals surface area contributed by atoms with Gasteiger partial charge in [0.25, 0.3) is 0 Å². The first-order valence-corrected chi connectivity index (χ1v) is 6.37. The van der Waals surface area contributed by atoms with Crippen molar-refractivity contribution >= 4 is 6.29 Å². The molecule has 1 fully saturated rings. The third kappa shape index (κ3) is 3.82. The van der Waals surface area contributed by atoms with Gasteiger partial charge in [-0.25, -0.2) is 0 Å². The molecule has 1 heterocycles. The minimum absolute atomic E-state index is 0.615. The lowest BCUT2D eigenvalue weighted by Gasteiger charge is -2.26. The molecule has 2 rings (SSSR count). The molecule has 0 aromatic heterocycles. The van der Waals surface area contributed by atoms with Crippen LogP contribution in [-0.2, 0) is 4.74 Å². The highest BCUT2D eigenvalue weighted by molar-refractivity contribution is 5.79. The second kappa shape index (κ2) is 7.13. The Bertz CT molecular complexity index is 375. The van der Waals surface area contributed by atoms with Gasteiger partial charge in [0.2, 0.25) is 0 Å². The zero-order valence-corrected chi connectivity index (χ0v) is 10.5. The fourth-order valence-corrected chi connectivity index (χ4v) is 2.00. The lowest BCUT2D eigenvalue weighted by atomic mass is 10.2. The van der Waals surface area contributed by atoms with E-state index in [0.29, 0.717) is 17.9 Å². The fourth-order valence-electron chi connectivity index (χ4n) is 2.00. The Kier molecular flexibility index (Phi) is 5.17. The molecule has 1 aromatic rings. The Morgan fingerprint density at radius 3 is 2.83 bits per heavy atom. The summed E-state index contributed by atoms with van der Waals surface area (Å²) in [6.45, 7) is 5.33. The highest BCUT2D eigenvalue weighted by atomic mass is 16.5. The molecule has 1 aromatic carbocycles. The molecule has 0 amide bonds. The number of carbonyl (C=O) groups excluding carboxylic acids is 1. The summed E-state index contributed by atoms with van der Waals surface area (Å²) in [6.07, 6.45) is 1.80. The van der Waals surface area contributed by atoms with Crippen molar-refractivity contribution in [3.8, 4) is 5.75 Å². The van der Waals surface area contributed by atoms with Gasteiger partial charge in [-0.05, 0) is 18.6 Å². The smallest absolute Gasteiger partial charge is 0.153 e. The second-order valence-electron chi connectivity index (χ2n) is 4.31. The van der Waals surface area contributed by atoms with Gasteiger partial charge in [0, 0.05) is 19.6 Å². The molecule has 1 aliphatic heterocycles. The molecule has 4 heteroatoms. The number of morpholine rings is 1. The number of ether oxygens (including phenoxy) is 2. The predicted octanol–water partition coefficient (Wildman–Crippen LogP) is 1.60. The van der Waals surface area contributed by atoms with E-state index in [-0.39, 0.29) is 0 Å². The van der Waals surface area contributed by atoms with E-state index in [0.717, 1.165) is 45.6 Å². The zero-order chi connectivity index (χ0) is 12.6. The van der Waals surface area contributed by atoms with Gasteiger partial charge in [-0.15, -0.1) is 0 Å². The summed E-state index contributed by atoms with van der Waals surface area (Å²) >= 11 is 0. The van der Waals surface area contributed by atoms with Crippen molar-refractivity contribution in [2.75, 3.05) is 39.5 Å². The minimum Gasteiger partial charge on any atom is -0.493 e. The molecule has 1 saturated heterocycles. The highest BCUT2D eigenvalue weighted by Gasteiger charge is 2.09. The normalized spacial score (nSPS) is 16.4. The van der Waals surface area contributed by atoms with Gasteiger partial charge in [0.15, 0.2) is 6.29 Å². The summed E-state index contributed by atoms with van der Waals surface area (Å²) in [5.74, 6) is 0.675. The first kappa shape index (κ1) is 13.1. The van der Waals surface area contributed by atoms with Gasteiger partial charge in [-0.2, -0.15) is 0 Å². The monoisotopic (exact) mass is 249 g/mol. The minimum atomic E-state index is 0.615. The molecule has 0 bridgehead atoms. The summed E-state index contributed by atoms with van der Waals surface area (Å²) in [4.78, 5) is 13.2. The third-order valence-corrected chi connectivity index (χ3v) is 3.03. The van der Waals surface area contributed by atoms with Crippen molar-refractivity contribution in [2.24, 2.45) is 0 Å². The topological polar surface area (TPSA) is 38.8 Å². The van der Waals surface area contributed by atoms with Gasteiger partial charge < -0.3 is 9.47 Å². The molecule has 0 saturated carbocycles. The Morgan fingerprint density at radius 1 is 1.28 bits per heavy atom. The average molecular weight is 249 g/mol. The molecule has 98 valence electrons. The van der Waals surface area contributed by atoms with Crippen molar-refractivity contribution in [1.29, 1.82) is 0 Å². The summed E-state index contributed by atoms with van der Waals surface area (Å²) in [7, 11) is 0. The van der Waals surface area contributed by atoms with Crippen molar-refractivity contribution in [3.63, 3.8) is 0 Å². The number of rotatable bonds is 6. The maximum atomic E-state index is 10.8. The van der Waals surface area contributed by atoms with Crippen LogP contribution in [0.25, 0.3) is 0 Å². The zero-order valence-electron chi connectivity index (χ0n) is 10.5. The molecule has 0 unspecified atom stereocenters. The molecule has 4 nitrogen and oxygen atoms in total. The highest BCUT2D eigenvalue weighted by Crippen LogP contribution is 2.15. The summed E-state index contributed by atoms with van der Waals surface area (Å²) in [5, 5.41) is 0. The van der Waals surface area contributed by atoms with Crippen LogP contribution in [0, 0.1) is 0 Å². The van der Waals surface area contributed by atoms with Crippen LogP contribution in [0.4, 0.5) is 0 Å². The van der Waals surface area contributed by atoms with Gasteiger partial charge in [-0.1, -0.05) is 12.1 Å². The Labute approximate surface area is 107 Å². The van der Waals surface area contributed by atoms with Crippen molar-refractivity contribution in [2.45, 2.75) is 6.42 Å². The third-order valence-electron chi connectivity index (χ3n) is 3.03. The van der Waals surface area contributed by atoms with E-state index in [2.05, 4.69) is 4.90 Å². The van der Waals surface area contributed by atoms with Gasteiger partial charge in [-0.3, -0.25) is 9.69 Å². The average Bonchev–Trinajstić information content (AvgIpc) is 2.45. The number of carbonyl (C=O) groups is 1. The number of para-hydroxylation sites is 1. The molecule has 18 heavy (non-hydrogen) atoms. The first-order chi connectivity index (χ1) is 8.90. The van der Waals surface area contributed by atoms with Crippen LogP contribution in [0.15, 0.2) is 24.3 Å². The van der Waals surface area contributed by atoms with Gasteiger partial charge in [0.05, 0.1) is 25.4 Å². The number of aldehydes is 1. The van der Waals surface area contributed by atoms with Crippen molar-refractivity contribution in [3.05, 3.63) is 29.8 Å². The van der Waals surface area contributed by atoms with Gasteiger partial charge >= 0.3 is 0 Å². The largest absolute Gasteiger partial charge is 0.493 e.